The second-order valence-electron chi connectivity index (χ2n) is 4.27. The molecule has 0 bridgehead atoms. The van der Waals surface area contributed by atoms with Gasteiger partial charge in [-0.15, -0.1) is 11.3 Å². The van der Waals surface area contributed by atoms with Crippen molar-refractivity contribution in [3.05, 3.63) is 63.9 Å². The van der Waals surface area contributed by atoms with E-state index in [9.17, 15) is 0 Å². The number of benzene rings is 2. The van der Waals surface area contributed by atoms with Gasteiger partial charge in [0.15, 0.2) is 0 Å². The first kappa shape index (κ1) is 12.6. The summed E-state index contributed by atoms with van der Waals surface area (Å²) in [6.45, 7) is 2.12. The molecule has 0 saturated carbocycles. The molecule has 0 unspecified atom stereocenters. The number of halogens is 1. The molecule has 3 rings (SSSR count). The molecule has 0 N–H and O–H groups in total. The molecular weight excluding hydrogens is 318 g/mol. The average molecular weight is 330 g/mol. The molecule has 1 aromatic heterocycles. The first-order valence-electron chi connectivity index (χ1n) is 6.03. The lowest BCUT2D eigenvalue weighted by Gasteiger charge is -2.01. The summed E-state index contributed by atoms with van der Waals surface area (Å²) >= 11 is 5.34. The molecular formula is C16H12BrNS. The Balaban J connectivity index is 2.11. The number of hydrogen-bond donors (Lipinski definition) is 0. The van der Waals surface area contributed by atoms with E-state index >= 15 is 0 Å². The van der Waals surface area contributed by atoms with Crippen LogP contribution in [0.25, 0.3) is 21.8 Å². The number of thiazole rings is 1. The molecule has 0 aliphatic heterocycles. The molecule has 2 aromatic carbocycles. The highest BCUT2D eigenvalue weighted by atomic mass is 79.9. The zero-order valence-electron chi connectivity index (χ0n) is 10.4. The van der Waals surface area contributed by atoms with Crippen molar-refractivity contribution >= 4 is 27.3 Å². The van der Waals surface area contributed by atoms with E-state index < -0.39 is 0 Å². The number of rotatable bonds is 2. The standard InChI is InChI=1S/C16H12BrNS/c1-11-15(13-9-5-6-10-14(13)17)18-16(19-11)12-7-3-2-4-8-12/h2-10H,1H3. The van der Waals surface area contributed by atoms with Gasteiger partial charge in [-0.3, -0.25) is 0 Å². The molecule has 0 spiro atoms. The lowest BCUT2D eigenvalue weighted by atomic mass is 10.1. The van der Waals surface area contributed by atoms with Gasteiger partial charge in [-0.25, -0.2) is 4.98 Å². The van der Waals surface area contributed by atoms with Gasteiger partial charge in [-0.2, -0.15) is 0 Å². The molecule has 0 amide bonds. The third-order valence-corrected chi connectivity index (χ3v) is 4.66. The van der Waals surface area contributed by atoms with E-state index in [0.717, 1.165) is 20.7 Å². The number of aromatic nitrogens is 1. The van der Waals surface area contributed by atoms with Crippen LogP contribution in [0.5, 0.6) is 0 Å². The summed E-state index contributed by atoms with van der Waals surface area (Å²) in [7, 11) is 0. The van der Waals surface area contributed by atoms with Crippen LogP contribution in [0, 0.1) is 6.92 Å². The van der Waals surface area contributed by atoms with Gasteiger partial charge in [0, 0.05) is 20.5 Å². The molecule has 0 aliphatic carbocycles. The third kappa shape index (κ3) is 2.48. The molecule has 0 aliphatic rings. The largest absolute Gasteiger partial charge is 0.236 e. The number of aryl methyl sites for hydroxylation is 1. The van der Waals surface area contributed by atoms with Crippen molar-refractivity contribution in [2.24, 2.45) is 0 Å². The number of hydrogen-bond acceptors (Lipinski definition) is 2. The summed E-state index contributed by atoms with van der Waals surface area (Å²) < 4.78 is 1.09. The minimum Gasteiger partial charge on any atom is -0.236 e. The van der Waals surface area contributed by atoms with Crippen molar-refractivity contribution in [1.29, 1.82) is 0 Å². The Kier molecular flexibility index (Phi) is 3.49. The molecule has 94 valence electrons. The Morgan fingerprint density at radius 3 is 2.37 bits per heavy atom. The van der Waals surface area contributed by atoms with E-state index in [-0.39, 0.29) is 0 Å². The maximum atomic E-state index is 4.80. The van der Waals surface area contributed by atoms with Gasteiger partial charge in [0.05, 0.1) is 5.69 Å². The van der Waals surface area contributed by atoms with Crippen LogP contribution in [-0.4, -0.2) is 4.98 Å². The van der Waals surface area contributed by atoms with Crippen molar-refractivity contribution < 1.29 is 0 Å². The minimum atomic E-state index is 1.07. The van der Waals surface area contributed by atoms with Gasteiger partial charge in [-0.05, 0) is 13.0 Å². The summed E-state index contributed by atoms with van der Waals surface area (Å²) in [5.41, 5.74) is 3.39. The van der Waals surface area contributed by atoms with Crippen LogP contribution in [0.4, 0.5) is 0 Å². The highest BCUT2D eigenvalue weighted by Gasteiger charge is 2.12. The smallest absolute Gasteiger partial charge is 0.124 e. The van der Waals surface area contributed by atoms with Gasteiger partial charge < -0.3 is 0 Å². The highest BCUT2D eigenvalue weighted by molar-refractivity contribution is 9.10. The van der Waals surface area contributed by atoms with Gasteiger partial charge in [-0.1, -0.05) is 64.5 Å². The number of nitrogens with zero attached hydrogens (tertiary/aromatic N) is 1. The van der Waals surface area contributed by atoms with Crippen molar-refractivity contribution in [3.63, 3.8) is 0 Å². The Labute approximate surface area is 125 Å². The van der Waals surface area contributed by atoms with Crippen molar-refractivity contribution in [3.8, 4) is 21.8 Å². The summed E-state index contributed by atoms with van der Waals surface area (Å²) in [5, 5.41) is 1.07. The lowest BCUT2D eigenvalue weighted by Crippen LogP contribution is -1.82. The van der Waals surface area contributed by atoms with Gasteiger partial charge in [0.1, 0.15) is 5.01 Å². The van der Waals surface area contributed by atoms with E-state index in [1.54, 1.807) is 11.3 Å². The van der Waals surface area contributed by atoms with Crippen LogP contribution in [0.2, 0.25) is 0 Å². The molecule has 3 heteroatoms. The fourth-order valence-electron chi connectivity index (χ4n) is 2.00. The molecule has 19 heavy (non-hydrogen) atoms. The van der Waals surface area contributed by atoms with Crippen LogP contribution < -0.4 is 0 Å². The summed E-state index contributed by atoms with van der Waals surface area (Å²) in [4.78, 5) is 6.04. The lowest BCUT2D eigenvalue weighted by molar-refractivity contribution is 1.36. The Bertz CT molecular complexity index is 704. The summed E-state index contributed by atoms with van der Waals surface area (Å²) in [5.74, 6) is 0. The fourth-order valence-corrected chi connectivity index (χ4v) is 3.41. The van der Waals surface area contributed by atoms with Gasteiger partial charge >= 0.3 is 0 Å². The van der Waals surface area contributed by atoms with E-state index in [4.69, 9.17) is 4.98 Å². The van der Waals surface area contributed by atoms with Crippen LogP contribution in [0.15, 0.2) is 59.1 Å². The molecule has 1 nitrogen and oxygen atoms in total. The normalized spacial score (nSPS) is 10.6. The molecule has 0 radical (unpaired) electrons. The topological polar surface area (TPSA) is 12.9 Å². The predicted molar refractivity (Wildman–Crippen MR) is 85.4 cm³/mol. The zero-order chi connectivity index (χ0) is 13.2. The molecule has 1 heterocycles. The second kappa shape index (κ2) is 5.27. The Morgan fingerprint density at radius 2 is 1.63 bits per heavy atom. The third-order valence-electron chi connectivity index (χ3n) is 2.95. The monoisotopic (exact) mass is 329 g/mol. The van der Waals surface area contributed by atoms with Crippen molar-refractivity contribution in [2.75, 3.05) is 0 Å². The fraction of sp³-hybridized carbons (Fsp3) is 0.0625. The van der Waals surface area contributed by atoms with E-state index in [1.165, 1.54) is 10.4 Å². The van der Waals surface area contributed by atoms with Crippen molar-refractivity contribution in [1.82, 2.24) is 4.98 Å². The van der Waals surface area contributed by atoms with Crippen LogP contribution >= 0.6 is 27.3 Å². The molecule has 0 atom stereocenters. The van der Waals surface area contributed by atoms with E-state index in [1.807, 2.05) is 30.3 Å². The minimum absolute atomic E-state index is 1.07. The van der Waals surface area contributed by atoms with E-state index in [2.05, 4.69) is 47.1 Å². The Morgan fingerprint density at radius 1 is 0.947 bits per heavy atom. The predicted octanol–water partition coefficient (Wildman–Crippen LogP) is 5.55. The molecule has 0 fully saturated rings. The quantitative estimate of drug-likeness (QED) is 0.600. The van der Waals surface area contributed by atoms with Crippen LogP contribution in [0.1, 0.15) is 4.88 Å². The van der Waals surface area contributed by atoms with Crippen LogP contribution in [-0.2, 0) is 0 Å². The molecule has 0 saturated heterocycles. The zero-order valence-corrected chi connectivity index (χ0v) is 12.8. The maximum absolute atomic E-state index is 4.80. The second-order valence-corrected chi connectivity index (χ2v) is 6.33. The first-order chi connectivity index (χ1) is 9.25. The highest BCUT2D eigenvalue weighted by Crippen LogP contribution is 2.36. The Hall–Kier alpha value is -1.45. The maximum Gasteiger partial charge on any atom is 0.124 e. The van der Waals surface area contributed by atoms with E-state index in [0.29, 0.717) is 0 Å². The summed E-state index contributed by atoms with van der Waals surface area (Å²) in [6.07, 6.45) is 0. The SMILES string of the molecule is Cc1sc(-c2ccccc2)nc1-c1ccccc1Br. The van der Waals surface area contributed by atoms with Crippen LogP contribution in [0.3, 0.4) is 0 Å². The summed E-state index contributed by atoms with van der Waals surface area (Å²) in [6, 6.07) is 18.5. The van der Waals surface area contributed by atoms with Crippen molar-refractivity contribution in [2.45, 2.75) is 6.92 Å². The molecule has 3 aromatic rings. The first-order valence-corrected chi connectivity index (χ1v) is 7.64. The average Bonchev–Trinajstić information content (AvgIpc) is 2.82. The van der Waals surface area contributed by atoms with Gasteiger partial charge in [0.2, 0.25) is 0 Å². The van der Waals surface area contributed by atoms with Gasteiger partial charge in [0.25, 0.3) is 0 Å².